The number of hydrogen-bond acceptors (Lipinski definition) is 4. The quantitative estimate of drug-likeness (QED) is 0.863. The van der Waals surface area contributed by atoms with Crippen molar-refractivity contribution in [2.24, 2.45) is 5.92 Å². The van der Waals surface area contributed by atoms with Gasteiger partial charge in [-0.3, -0.25) is 9.59 Å². The second kappa shape index (κ2) is 7.11. The van der Waals surface area contributed by atoms with Crippen molar-refractivity contribution in [2.45, 2.75) is 19.8 Å². The molecule has 1 atom stereocenters. The fraction of sp³-hybridized carbons (Fsp3) is 0.500. The van der Waals surface area contributed by atoms with Crippen LogP contribution < -0.4 is 5.32 Å². The summed E-state index contributed by atoms with van der Waals surface area (Å²) in [5.74, 6) is -0.466. The van der Waals surface area contributed by atoms with Gasteiger partial charge >= 0.3 is 5.97 Å². The summed E-state index contributed by atoms with van der Waals surface area (Å²) in [7, 11) is 1.39. The summed E-state index contributed by atoms with van der Waals surface area (Å²) in [6, 6.07) is 7.48. The first-order chi connectivity index (χ1) is 10.2. The molecule has 1 aliphatic heterocycles. The lowest BCUT2D eigenvalue weighted by molar-refractivity contribution is -0.146. The molecule has 0 saturated carbocycles. The van der Waals surface area contributed by atoms with Crippen LogP contribution in [0, 0.1) is 5.92 Å². The molecule has 1 saturated heterocycles. The highest BCUT2D eigenvalue weighted by Crippen LogP contribution is 2.22. The number of nitrogens with zero attached hydrogens (tertiary/aromatic N) is 1. The van der Waals surface area contributed by atoms with Gasteiger partial charge in [-0.2, -0.15) is 0 Å². The van der Waals surface area contributed by atoms with Gasteiger partial charge < -0.3 is 15.0 Å². The van der Waals surface area contributed by atoms with Gasteiger partial charge in [0.05, 0.1) is 18.6 Å². The molecule has 1 fully saturated rings. The third-order valence-corrected chi connectivity index (χ3v) is 3.77. The molecule has 1 aromatic rings. The van der Waals surface area contributed by atoms with E-state index in [1.165, 1.54) is 7.11 Å². The number of rotatable bonds is 4. The third-order valence-electron chi connectivity index (χ3n) is 3.77. The summed E-state index contributed by atoms with van der Waals surface area (Å²) < 4.78 is 4.80. The molecule has 0 bridgehead atoms. The molecule has 0 aromatic heterocycles. The van der Waals surface area contributed by atoms with E-state index in [-0.39, 0.29) is 17.8 Å². The highest BCUT2D eigenvalue weighted by molar-refractivity contribution is 5.99. The highest BCUT2D eigenvalue weighted by atomic mass is 16.5. The van der Waals surface area contributed by atoms with E-state index in [0.29, 0.717) is 18.7 Å². The van der Waals surface area contributed by atoms with E-state index in [1.807, 2.05) is 31.2 Å². The summed E-state index contributed by atoms with van der Waals surface area (Å²) in [5.41, 5.74) is 1.50. The van der Waals surface area contributed by atoms with Crippen LogP contribution in [0.3, 0.4) is 0 Å². The molecule has 1 amide bonds. The van der Waals surface area contributed by atoms with Gasteiger partial charge in [0, 0.05) is 25.3 Å². The second-order valence-corrected chi connectivity index (χ2v) is 5.19. The number of methoxy groups -OCH3 is 1. The molecule has 1 heterocycles. The van der Waals surface area contributed by atoms with Crippen LogP contribution in [0.5, 0.6) is 0 Å². The predicted octanol–water partition coefficient (Wildman–Crippen LogP) is 2.14. The molecule has 21 heavy (non-hydrogen) atoms. The number of piperidine rings is 1. The third kappa shape index (κ3) is 3.54. The zero-order valence-electron chi connectivity index (χ0n) is 12.6. The fourth-order valence-electron chi connectivity index (χ4n) is 2.71. The van der Waals surface area contributed by atoms with Crippen LogP contribution in [0.2, 0.25) is 0 Å². The molecule has 5 nitrogen and oxygen atoms in total. The molecule has 0 aliphatic carbocycles. The molecule has 1 aliphatic rings. The van der Waals surface area contributed by atoms with Crippen molar-refractivity contribution in [3.63, 3.8) is 0 Å². The fourth-order valence-corrected chi connectivity index (χ4v) is 2.71. The van der Waals surface area contributed by atoms with Gasteiger partial charge in [-0.15, -0.1) is 0 Å². The number of ether oxygens (including phenoxy) is 1. The van der Waals surface area contributed by atoms with Crippen LogP contribution in [0.15, 0.2) is 24.3 Å². The smallest absolute Gasteiger partial charge is 0.310 e. The number of hydrogen-bond donors (Lipinski definition) is 1. The number of carbonyl (C=O) groups excluding carboxylic acids is 2. The first-order valence-electron chi connectivity index (χ1n) is 7.37. The van der Waals surface area contributed by atoms with E-state index in [0.717, 1.165) is 25.1 Å². The highest BCUT2D eigenvalue weighted by Gasteiger charge is 2.30. The molecule has 5 heteroatoms. The van der Waals surface area contributed by atoms with Gasteiger partial charge in [0.25, 0.3) is 5.91 Å². The lowest BCUT2D eigenvalue weighted by Gasteiger charge is -2.31. The van der Waals surface area contributed by atoms with Crippen LogP contribution in [0.25, 0.3) is 0 Å². The minimum absolute atomic E-state index is 0.0276. The topological polar surface area (TPSA) is 58.6 Å². The standard InChI is InChI=1S/C16H22N2O3/c1-3-17-14-9-5-4-8-13(14)15(19)18-10-6-7-12(11-18)16(20)21-2/h4-5,8-9,12,17H,3,6-7,10-11H2,1-2H3. The van der Waals surface area contributed by atoms with Crippen molar-refractivity contribution in [3.8, 4) is 0 Å². The van der Waals surface area contributed by atoms with Crippen molar-refractivity contribution in [1.29, 1.82) is 0 Å². The minimum atomic E-state index is -0.229. The van der Waals surface area contributed by atoms with Crippen LogP contribution in [0.1, 0.15) is 30.1 Å². The van der Waals surface area contributed by atoms with Crippen molar-refractivity contribution in [3.05, 3.63) is 29.8 Å². The Kier molecular flexibility index (Phi) is 5.20. The number of esters is 1. The maximum absolute atomic E-state index is 12.7. The van der Waals surface area contributed by atoms with Gasteiger partial charge in [-0.1, -0.05) is 12.1 Å². The number of para-hydroxylation sites is 1. The normalized spacial score (nSPS) is 18.2. The molecule has 0 spiro atoms. The summed E-state index contributed by atoms with van der Waals surface area (Å²) in [6.07, 6.45) is 1.61. The first kappa shape index (κ1) is 15.4. The molecule has 114 valence electrons. The maximum Gasteiger partial charge on any atom is 0.310 e. The summed E-state index contributed by atoms with van der Waals surface area (Å²) >= 11 is 0. The lowest BCUT2D eigenvalue weighted by atomic mass is 9.97. The number of anilines is 1. The van der Waals surface area contributed by atoms with E-state index in [1.54, 1.807) is 4.90 Å². The Morgan fingerprint density at radius 1 is 1.38 bits per heavy atom. The Bertz CT molecular complexity index is 516. The van der Waals surface area contributed by atoms with Gasteiger partial charge in [0.1, 0.15) is 0 Å². The Morgan fingerprint density at radius 2 is 2.14 bits per heavy atom. The molecular formula is C16H22N2O3. The van der Waals surface area contributed by atoms with Crippen molar-refractivity contribution < 1.29 is 14.3 Å². The molecular weight excluding hydrogens is 268 g/mol. The van der Waals surface area contributed by atoms with Crippen LogP contribution in [0.4, 0.5) is 5.69 Å². The number of carbonyl (C=O) groups is 2. The van der Waals surface area contributed by atoms with Crippen LogP contribution >= 0.6 is 0 Å². The van der Waals surface area contributed by atoms with Gasteiger partial charge in [-0.25, -0.2) is 0 Å². The Balaban J connectivity index is 2.14. The van der Waals surface area contributed by atoms with E-state index >= 15 is 0 Å². The Morgan fingerprint density at radius 3 is 2.86 bits per heavy atom. The van der Waals surface area contributed by atoms with Gasteiger partial charge in [-0.05, 0) is 31.9 Å². The monoisotopic (exact) mass is 290 g/mol. The molecule has 0 radical (unpaired) electrons. The SMILES string of the molecule is CCNc1ccccc1C(=O)N1CCCC(C(=O)OC)C1. The van der Waals surface area contributed by atoms with Crippen molar-refractivity contribution >= 4 is 17.6 Å². The molecule has 1 aromatic carbocycles. The number of likely N-dealkylation sites (tertiary alicyclic amines) is 1. The average molecular weight is 290 g/mol. The average Bonchev–Trinajstić information content (AvgIpc) is 2.54. The maximum atomic E-state index is 12.7. The summed E-state index contributed by atoms with van der Waals surface area (Å²) in [6.45, 7) is 3.88. The number of benzene rings is 1. The van der Waals surface area contributed by atoms with E-state index in [9.17, 15) is 9.59 Å². The van der Waals surface area contributed by atoms with E-state index < -0.39 is 0 Å². The molecule has 1 N–H and O–H groups in total. The predicted molar refractivity (Wildman–Crippen MR) is 81.2 cm³/mol. The van der Waals surface area contributed by atoms with Gasteiger partial charge in [0.15, 0.2) is 0 Å². The van der Waals surface area contributed by atoms with Crippen LogP contribution in [-0.4, -0.2) is 43.5 Å². The molecule has 2 rings (SSSR count). The van der Waals surface area contributed by atoms with E-state index in [2.05, 4.69) is 5.32 Å². The van der Waals surface area contributed by atoms with E-state index in [4.69, 9.17) is 4.74 Å². The number of nitrogens with one attached hydrogen (secondary N) is 1. The summed E-state index contributed by atoms with van der Waals surface area (Å²) in [5, 5.41) is 3.20. The van der Waals surface area contributed by atoms with Crippen LogP contribution in [-0.2, 0) is 9.53 Å². The Hall–Kier alpha value is -2.04. The van der Waals surface area contributed by atoms with Gasteiger partial charge in [0.2, 0.25) is 0 Å². The van der Waals surface area contributed by atoms with Crippen molar-refractivity contribution in [1.82, 2.24) is 4.90 Å². The largest absolute Gasteiger partial charge is 0.469 e. The van der Waals surface area contributed by atoms with Crippen molar-refractivity contribution in [2.75, 3.05) is 32.1 Å². The molecule has 1 unspecified atom stereocenters. The zero-order chi connectivity index (χ0) is 15.2. The second-order valence-electron chi connectivity index (χ2n) is 5.19. The first-order valence-corrected chi connectivity index (χ1v) is 7.37. The lowest BCUT2D eigenvalue weighted by Crippen LogP contribution is -2.42. The zero-order valence-corrected chi connectivity index (χ0v) is 12.6. The summed E-state index contributed by atoms with van der Waals surface area (Å²) in [4.78, 5) is 26.1. The minimum Gasteiger partial charge on any atom is -0.469 e. The number of amides is 1. The Labute approximate surface area is 125 Å².